The third-order valence-corrected chi connectivity index (χ3v) is 4.45. The van der Waals surface area contributed by atoms with Gasteiger partial charge in [0.1, 0.15) is 6.61 Å². The van der Waals surface area contributed by atoms with Gasteiger partial charge in [-0.3, -0.25) is 9.59 Å². The van der Waals surface area contributed by atoms with E-state index in [0.29, 0.717) is 19.5 Å². The number of likely N-dealkylation sites (tertiary alicyclic amines) is 1. The van der Waals surface area contributed by atoms with Crippen LogP contribution in [0, 0.1) is 0 Å². The molecule has 0 bridgehead atoms. The number of likely N-dealkylation sites (N-methyl/N-ethyl adjacent to an activating group) is 1. The van der Waals surface area contributed by atoms with Crippen molar-refractivity contribution in [3.63, 3.8) is 0 Å². The third kappa shape index (κ3) is 5.93. The summed E-state index contributed by atoms with van der Waals surface area (Å²) in [7, 11) is 1.76. The number of hydrogen-bond acceptors (Lipinski definition) is 4. The van der Waals surface area contributed by atoms with E-state index in [4.69, 9.17) is 4.74 Å². The van der Waals surface area contributed by atoms with Gasteiger partial charge in [0.15, 0.2) is 0 Å². The highest BCUT2D eigenvalue weighted by atomic mass is 16.5. The fourth-order valence-corrected chi connectivity index (χ4v) is 3.02. The standard InChI is InChI=1S/C16H29N3O3/c1-18-12-14(22-13-16(18)21)11-17-15(20)7-6-10-19-8-4-2-3-5-9-19/h14H,2-13H2,1H3,(H,17,20)/t14-/m0/s1. The van der Waals surface area contributed by atoms with E-state index in [-0.39, 0.29) is 24.5 Å². The van der Waals surface area contributed by atoms with Gasteiger partial charge in [-0.1, -0.05) is 12.8 Å². The molecule has 0 aromatic rings. The van der Waals surface area contributed by atoms with Gasteiger partial charge in [-0.25, -0.2) is 0 Å². The van der Waals surface area contributed by atoms with Crippen molar-refractivity contribution in [3.8, 4) is 0 Å². The van der Waals surface area contributed by atoms with Crippen LogP contribution in [0.5, 0.6) is 0 Å². The van der Waals surface area contributed by atoms with Crippen molar-refractivity contribution in [3.05, 3.63) is 0 Å². The Morgan fingerprint density at radius 2 is 2.00 bits per heavy atom. The highest BCUT2D eigenvalue weighted by Gasteiger charge is 2.23. The fourth-order valence-electron chi connectivity index (χ4n) is 3.02. The van der Waals surface area contributed by atoms with Gasteiger partial charge in [-0.2, -0.15) is 0 Å². The number of nitrogens with zero attached hydrogens (tertiary/aromatic N) is 2. The minimum Gasteiger partial charge on any atom is -0.365 e. The van der Waals surface area contributed by atoms with E-state index in [0.717, 1.165) is 13.0 Å². The molecule has 0 aliphatic carbocycles. The summed E-state index contributed by atoms with van der Waals surface area (Å²) in [5.41, 5.74) is 0. The third-order valence-electron chi connectivity index (χ3n) is 4.45. The first-order valence-electron chi connectivity index (χ1n) is 8.50. The van der Waals surface area contributed by atoms with Gasteiger partial charge < -0.3 is 19.9 Å². The van der Waals surface area contributed by atoms with Crippen LogP contribution >= 0.6 is 0 Å². The Hall–Kier alpha value is -1.14. The molecule has 2 fully saturated rings. The molecule has 6 nitrogen and oxygen atoms in total. The van der Waals surface area contributed by atoms with E-state index >= 15 is 0 Å². The summed E-state index contributed by atoms with van der Waals surface area (Å²) in [5, 5.41) is 2.92. The summed E-state index contributed by atoms with van der Waals surface area (Å²) >= 11 is 0. The van der Waals surface area contributed by atoms with Crippen LogP contribution in [0.1, 0.15) is 38.5 Å². The van der Waals surface area contributed by atoms with Crippen LogP contribution in [-0.4, -0.2) is 74.1 Å². The van der Waals surface area contributed by atoms with Crippen LogP contribution in [0.25, 0.3) is 0 Å². The van der Waals surface area contributed by atoms with Crippen molar-refractivity contribution in [2.75, 3.05) is 46.4 Å². The Balaban J connectivity index is 1.55. The van der Waals surface area contributed by atoms with Crippen molar-refractivity contribution in [1.29, 1.82) is 0 Å². The monoisotopic (exact) mass is 311 g/mol. The van der Waals surface area contributed by atoms with Crippen molar-refractivity contribution < 1.29 is 14.3 Å². The van der Waals surface area contributed by atoms with Crippen LogP contribution in [-0.2, 0) is 14.3 Å². The maximum Gasteiger partial charge on any atom is 0.248 e. The molecular weight excluding hydrogens is 282 g/mol. The molecule has 2 heterocycles. The van der Waals surface area contributed by atoms with Crippen LogP contribution in [0.4, 0.5) is 0 Å². The number of rotatable bonds is 6. The second-order valence-electron chi connectivity index (χ2n) is 6.37. The summed E-state index contributed by atoms with van der Waals surface area (Å²) in [6.45, 7) is 4.53. The molecule has 2 rings (SSSR count). The molecule has 126 valence electrons. The molecule has 0 saturated carbocycles. The minimum absolute atomic E-state index is 0.0000245. The van der Waals surface area contributed by atoms with E-state index in [9.17, 15) is 9.59 Å². The summed E-state index contributed by atoms with van der Waals surface area (Å²) in [6, 6.07) is 0. The van der Waals surface area contributed by atoms with Crippen molar-refractivity contribution in [2.24, 2.45) is 0 Å². The highest BCUT2D eigenvalue weighted by Crippen LogP contribution is 2.10. The maximum absolute atomic E-state index is 11.9. The molecule has 1 N–H and O–H groups in total. The summed E-state index contributed by atoms with van der Waals surface area (Å²) in [5.74, 6) is 0.0815. The zero-order valence-corrected chi connectivity index (χ0v) is 13.7. The number of amides is 2. The molecule has 1 atom stereocenters. The van der Waals surface area contributed by atoms with Crippen molar-refractivity contribution >= 4 is 11.8 Å². The Labute approximate surface area is 133 Å². The van der Waals surface area contributed by atoms with Gasteiger partial charge in [0, 0.05) is 26.6 Å². The van der Waals surface area contributed by atoms with Crippen LogP contribution in [0.15, 0.2) is 0 Å². The first kappa shape index (κ1) is 17.2. The van der Waals surface area contributed by atoms with E-state index in [1.54, 1.807) is 11.9 Å². The average Bonchev–Trinajstić information content (AvgIpc) is 2.77. The molecule has 2 saturated heterocycles. The number of carbonyl (C=O) groups is 2. The lowest BCUT2D eigenvalue weighted by molar-refractivity contribution is -0.146. The predicted molar refractivity (Wildman–Crippen MR) is 84.5 cm³/mol. The second kappa shape index (κ2) is 9.10. The first-order valence-corrected chi connectivity index (χ1v) is 8.50. The van der Waals surface area contributed by atoms with E-state index in [1.165, 1.54) is 38.8 Å². The first-order chi connectivity index (χ1) is 10.6. The van der Waals surface area contributed by atoms with Crippen LogP contribution in [0.2, 0.25) is 0 Å². The molecule has 0 spiro atoms. The SMILES string of the molecule is CN1C[C@H](CNC(=O)CCCN2CCCCCC2)OCC1=O. The lowest BCUT2D eigenvalue weighted by Crippen LogP contribution is -2.48. The molecule has 0 aromatic carbocycles. The van der Waals surface area contributed by atoms with E-state index in [2.05, 4.69) is 10.2 Å². The quantitative estimate of drug-likeness (QED) is 0.781. The zero-order valence-electron chi connectivity index (χ0n) is 13.7. The molecule has 2 aliphatic rings. The maximum atomic E-state index is 11.9. The largest absolute Gasteiger partial charge is 0.365 e. The molecule has 2 aliphatic heterocycles. The Morgan fingerprint density at radius 3 is 2.68 bits per heavy atom. The molecule has 2 amide bonds. The Kier molecular flexibility index (Phi) is 7.12. The summed E-state index contributed by atoms with van der Waals surface area (Å²) < 4.78 is 5.41. The average molecular weight is 311 g/mol. The molecule has 22 heavy (non-hydrogen) atoms. The number of morpholine rings is 1. The van der Waals surface area contributed by atoms with Crippen LogP contribution < -0.4 is 5.32 Å². The number of hydrogen-bond donors (Lipinski definition) is 1. The lowest BCUT2D eigenvalue weighted by atomic mass is 10.2. The topological polar surface area (TPSA) is 61.9 Å². The van der Waals surface area contributed by atoms with Gasteiger partial charge in [-0.05, 0) is 38.9 Å². The fraction of sp³-hybridized carbons (Fsp3) is 0.875. The summed E-state index contributed by atoms with van der Waals surface area (Å²) in [4.78, 5) is 27.3. The predicted octanol–water partition coefficient (Wildman–Crippen LogP) is 0.616. The van der Waals surface area contributed by atoms with E-state index < -0.39 is 0 Å². The van der Waals surface area contributed by atoms with Crippen molar-refractivity contribution in [1.82, 2.24) is 15.1 Å². The second-order valence-corrected chi connectivity index (χ2v) is 6.37. The van der Waals surface area contributed by atoms with Gasteiger partial charge in [0.05, 0.1) is 6.10 Å². The van der Waals surface area contributed by atoms with Crippen molar-refractivity contribution in [2.45, 2.75) is 44.6 Å². The number of ether oxygens (including phenoxy) is 1. The molecular formula is C16H29N3O3. The van der Waals surface area contributed by atoms with Gasteiger partial charge in [0.25, 0.3) is 0 Å². The number of carbonyl (C=O) groups excluding carboxylic acids is 2. The van der Waals surface area contributed by atoms with Gasteiger partial charge >= 0.3 is 0 Å². The molecule has 0 aromatic heterocycles. The summed E-state index contributed by atoms with van der Waals surface area (Å²) in [6.07, 6.45) is 6.66. The zero-order chi connectivity index (χ0) is 15.8. The molecule has 0 unspecified atom stereocenters. The van der Waals surface area contributed by atoms with Crippen LogP contribution in [0.3, 0.4) is 0 Å². The Bertz CT molecular complexity index is 368. The smallest absolute Gasteiger partial charge is 0.248 e. The molecule has 0 radical (unpaired) electrons. The van der Waals surface area contributed by atoms with Gasteiger partial charge in [-0.15, -0.1) is 0 Å². The van der Waals surface area contributed by atoms with Gasteiger partial charge in [0.2, 0.25) is 11.8 Å². The van der Waals surface area contributed by atoms with E-state index in [1.807, 2.05) is 0 Å². The number of nitrogens with one attached hydrogen (secondary N) is 1. The Morgan fingerprint density at radius 1 is 1.27 bits per heavy atom. The highest BCUT2D eigenvalue weighted by molar-refractivity contribution is 5.78. The lowest BCUT2D eigenvalue weighted by Gasteiger charge is -2.29. The molecule has 6 heteroatoms. The normalized spacial score (nSPS) is 24.1. The minimum atomic E-state index is -0.0859.